The standard InChI is InChI=1S/C14H10F3N5O2/c15-7-3-4-8-18-14(21-22(8)5-7)20-12(23)10-9(11(16)17)19-13(24-10)6-1-2-6/h3-6,11H,1-2H2,(H,20,21,23). The van der Waals surface area contributed by atoms with Gasteiger partial charge in [0, 0.05) is 5.92 Å². The van der Waals surface area contributed by atoms with Gasteiger partial charge in [-0.2, -0.15) is 4.98 Å². The highest BCUT2D eigenvalue weighted by Gasteiger charge is 2.34. The summed E-state index contributed by atoms with van der Waals surface area (Å²) in [4.78, 5) is 19.9. The third-order valence-corrected chi connectivity index (χ3v) is 3.53. The number of hydrogen-bond donors (Lipinski definition) is 1. The molecular weight excluding hydrogens is 327 g/mol. The Morgan fingerprint density at radius 2 is 2.12 bits per heavy atom. The molecule has 24 heavy (non-hydrogen) atoms. The number of fused-ring (bicyclic) bond motifs is 1. The normalized spacial score (nSPS) is 14.5. The van der Waals surface area contributed by atoms with Gasteiger partial charge in [-0.1, -0.05) is 0 Å². The Kier molecular flexibility index (Phi) is 3.25. The molecular formula is C14H10F3N5O2. The fourth-order valence-electron chi connectivity index (χ4n) is 2.23. The van der Waals surface area contributed by atoms with Crippen LogP contribution in [-0.4, -0.2) is 25.5 Å². The molecule has 3 aromatic rings. The van der Waals surface area contributed by atoms with Gasteiger partial charge in [0.05, 0.1) is 6.20 Å². The van der Waals surface area contributed by atoms with Gasteiger partial charge >= 0.3 is 0 Å². The van der Waals surface area contributed by atoms with E-state index in [2.05, 4.69) is 20.4 Å². The molecule has 124 valence electrons. The van der Waals surface area contributed by atoms with E-state index in [1.807, 2.05) is 0 Å². The molecule has 3 heterocycles. The van der Waals surface area contributed by atoms with E-state index in [1.54, 1.807) is 0 Å². The average Bonchev–Trinajstić information content (AvgIpc) is 3.15. The van der Waals surface area contributed by atoms with Crippen LogP contribution in [0.15, 0.2) is 22.7 Å². The summed E-state index contributed by atoms with van der Waals surface area (Å²) >= 11 is 0. The third kappa shape index (κ3) is 2.59. The number of carbonyl (C=O) groups excluding carboxylic acids is 1. The molecule has 3 aromatic heterocycles. The van der Waals surface area contributed by atoms with Crippen LogP contribution in [0, 0.1) is 5.82 Å². The maximum atomic E-state index is 13.1. The summed E-state index contributed by atoms with van der Waals surface area (Å²) in [6, 6.07) is 2.55. The average molecular weight is 337 g/mol. The van der Waals surface area contributed by atoms with Crippen molar-refractivity contribution in [2.75, 3.05) is 5.32 Å². The Bertz CT molecular complexity index is 932. The van der Waals surface area contributed by atoms with E-state index >= 15 is 0 Å². The number of anilines is 1. The Morgan fingerprint density at radius 1 is 1.33 bits per heavy atom. The fourth-order valence-corrected chi connectivity index (χ4v) is 2.23. The van der Waals surface area contributed by atoms with Crippen LogP contribution in [0.4, 0.5) is 19.1 Å². The Hall–Kier alpha value is -2.91. The molecule has 0 spiro atoms. The van der Waals surface area contributed by atoms with Crippen LogP contribution in [0.2, 0.25) is 0 Å². The first kappa shape index (κ1) is 14.7. The lowest BCUT2D eigenvalue weighted by Gasteiger charge is -1.99. The molecule has 1 saturated carbocycles. The highest BCUT2D eigenvalue weighted by molar-refractivity contribution is 6.02. The number of halogens is 3. The summed E-state index contributed by atoms with van der Waals surface area (Å²) in [5.74, 6) is -2.05. The molecule has 0 radical (unpaired) electrons. The SMILES string of the molecule is O=C(Nc1nc2ccc(F)cn2n1)c1oc(C2CC2)nc1C(F)F. The molecule has 1 aliphatic rings. The molecule has 0 aromatic carbocycles. The smallest absolute Gasteiger partial charge is 0.296 e. The molecule has 1 fully saturated rings. The Balaban J connectivity index is 1.63. The van der Waals surface area contributed by atoms with Gasteiger partial charge in [-0.15, -0.1) is 5.10 Å². The van der Waals surface area contributed by atoms with Gasteiger partial charge < -0.3 is 4.42 Å². The number of nitrogens with one attached hydrogen (secondary N) is 1. The topological polar surface area (TPSA) is 85.3 Å². The lowest BCUT2D eigenvalue weighted by atomic mass is 10.3. The summed E-state index contributed by atoms with van der Waals surface area (Å²) in [7, 11) is 0. The molecule has 10 heteroatoms. The second kappa shape index (κ2) is 5.32. The molecule has 1 N–H and O–H groups in total. The molecule has 0 saturated heterocycles. The van der Waals surface area contributed by atoms with Crippen molar-refractivity contribution in [3.8, 4) is 0 Å². The van der Waals surface area contributed by atoms with Crippen LogP contribution in [0.25, 0.3) is 5.65 Å². The van der Waals surface area contributed by atoms with E-state index in [0.29, 0.717) is 0 Å². The van der Waals surface area contributed by atoms with Crippen molar-refractivity contribution >= 4 is 17.5 Å². The molecule has 4 rings (SSSR count). The van der Waals surface area contributed by atoms with Crippen LogP contribution in [0.1, 0.15) is 47.3 Å². The molecule has 0 aliphatic heterocycles. The lowest BCUT2D eigenvalue weighted by molar-refractivity contribution is 0.0974. The summed E-state index contributed by atoms with van der Waals surface area (Å²) in [6.07, 6.45) is -0.277. The number of rotatable bonds is 4. The number of oxazole rings is 1. The maximum absolute atomic E-state index is 13.1. The quantitative estimate of drug-likeness (QED) is 0.791. The zero-order chi connectivity index (χ0) is 16.8. The van der Waals surface area contributed by atoms with Gasteiger partial charge in [-0.3, -0.25) is 10.1 Å². The van der Waals surface area contributed by atoms with Crippen LogP contribution in [-0.2, 0) is 0 Å². The zero-order valence-corrected chi connectivity index (χ0v) is 12.0. The summed E-state index contributed by atoms with van der Waals surface area (Å²) < 4.78 is 45.6. The van der Waals surface area contributed by atoms with Crippen LogP contribution >= 0.6 is 0 Å². The van der Waals surface area contributed by atoms with Crippen LogP contribution in [0.3, 0.4) is 0 Å². The van der Waals surface area contributed by atoms with E-state index in [9.17, 15) is 18.0 Å². The summed E-state index contributed by atoms with van der Waals surface area (Å²) in [5, 5.41) is 6.12. The number of alkyl halides is 2. The predicted molar refractivity (Wildman–Crippen MR) is 74.3 cm³/mol. The van der Waals surface area contributed by atoms with Crippen molar-refractivity contribution in [2.45, 2.75) is 25.2 Å². The first-order valence-corrected chi connectivity index (χ1v) is 7.13. The predicted octanol–water partition coefficient (Wildman–Crippen LogP) is 2.92. The fraction of sp³-hybridized carbons (Fsp3) is 0.286. The number of carbonyl (C=O) groups is 1. The minimum Gasteiger partial charge on any atom is -0.435 e. The lowest BCUT2D eigenvalue weighted by Crippen LogP contribution is -2.14. The van der Waals surface area contributed by atoms with Crippen molar-refractivity contribution in [1.29, 1.82) is 0 Å². The summed E-state index contributed by atoms with van der Waals surface area (Å²) in [5.41, 5.74) is -0.416. The Labute approximate surface area is 132 Å². The summed E-state index contributed by atoms with van der Waals surface area (Å²) in [6.45, 7) is 0. The van der Waals surface area contributed by atoms with Crippen molar-refractivity contribution in [3.05, 3.63) is 41.5 Å². The van der Waals surface area contributed by atoms with Crippen molar-refractivity contribution in [3.63, 3.8) is 0 Å². The van der Waals surface area contributed by atoms with Crippen molar-refractivity contribution in [1.82, 2.24) is 19.6 Å². The molecule has 0 unspecified atom stereocenters. The van der Waals surface area contributed by atoms with Gasteiger partial charge in [0.25, 0.3) is 12.3 Å². The largest absolute Gasteiger partial charge is 0.435 e. The number of hydrogen-bond acceptors (Lipinski definition) is 5. The molecule has 1 amide bonds. The number of nitrogens with zero attached hydrogens (tertiary/aromatic N) is 4. The van der Waals surface area contributed by atoms with Gasteiger partial charge in [0.15, 0.2) is 17.2 Å². The highest BCUT2D eigenvalue weighted by Crippen LogP contribution is 2.41. The molecule has 1 aliphatic carbocycles. The minimum atomic E-state index is -2.94. The van der Waals surface area contributed by atoms with E-state index in [4.69, 9.17) is 4.42 Å². The van der Waals surface area contributed by atoms with Gasteiger partial charge in [-0.25, -0.2) is 22.7 Å². The van der Waals surface area contributed by atoms with Gasteiger partial charge in [0.2, 0.25) is 11.7 Å². The van der Waals surface area contributed by atoms with E-state index < -0.39 is 29.6 Å². The monoisotopic (exact) mass is 337 g/mol. The number of aromatic nitrogens is 4. The molecule has 7 nitrogen and oxygen atoms in total. The second-order valence-electron chi connectivity index (χ2n) is 5.38. The van der Waals surface area contributed by atoms with Crippen LogP contribution in [0.5, 0.6) is 0 Å². The van der Waals surface area contributed by atoms with Crippen LogP contribution < -0.4 is 5.32 Å². The Morgan fingerprint density at radius 3 is 2.83 bits per heavy atom. The first-order chi connectivity index (χ1) is 11.5. The number of amides is 1. The first-order valence-electron chi connectivity index (χ1n) is 7.13. The van der Waals surface area contributed by atoms with Gasteiger partial charge in [0.1, 0.15) is 5.82 Å². The third-order valence-electron chi connectivity index (χ3n) is 3.53. The number of pyridine rings is 1. The highest BCUT2D eigenvalue weighted by atomic mass is 19.3. The minimum absolute atomic E-state index is 0.0136. The van der Waals surface area contributed by atoms with Gasteiger partial charge in [-0.05, 0) is 25.0 Å². The van der Waals surface area contributed by atoms with E-state index in [1.165, 1.54) is 12.1 Å². The van der Waals surface area contributed by atoms with Crippen molar-refractivity contribution < 1.29 is 22.4 Å². The van der Waals surface area contributed by atoms with E-state index in [-0.39, 0.29) is 23.4 Å². The maximum Gasteiger partial charge on any atom is 0.296 e. The second-order valence-corrected chi connectivity index (χ2v) is 5.38. The molecule has 0 atom stereocenters. The zero-order valence-electron chi connectivity index (χ0n) is 12.0. The van der Waals surface area contributed by atoms with Crippen molar-refractivity contribution in [2.24, 2.45) is 0 Å². The van der Waals surface area contributed by atoms with E-state index in [0.717, 1.165) is 23.6 Å². The molecule has 0 bridgehead atoms.